The van der Waals surface area contributed by atoms with Gasteiger partial charge < -0.3 is 15.0 Å². The van der Waals surface area contributed by atoms with E-state index in [-0.39, 0.29) is 11.9 Å². The molecule has 27 heavy (non-hydrogen) atoms. The number of esters is 1. The van der Waals surface area contributed by atoms with Gasteiger partial charge in [0.15, 0.2) is 0 Å². The van der Waals surface area contributed by atoms with Crippen LogP contribution >= 0.6 is 0 Å². The van der Waals surface area contributed by atoms with Crippen molar-refractivity contribution >= 4 is 11.9 Å². The summed E-state index contributed by atoms with van der Waals surface area (Å²) in [5.74, 6) is 0.514. The number of carbonyl (C=O) groups is 2. The predicted molar refractivity (Wildman–Crippen MR) is 107 cm³/mol. The highest BCUT2D eigenvalue weighted by Crippen LogP contribution is 2.23. The van der Waals surface area contributed by atoms with Crippen LogP contribution in [0.2, 0.25) is 0 Å². The first-order valence-corrected chi connectivity index (χ1v) is 9.79. The number of hydrogen-bond acceptors (Lipinski definition) is 5. The molecule has 150 valence electrons. The number of piperidine rings is 1. The van der Waals surface area contributed by atoms with Crippen molar-refractivity contribution in [3.8, 4) is 0 Å². The van der Waals surface area contributed by atoms with Crippen molar-refractivity contribution in [2.45, 2.75) is 32.2 Å². The number of methoxy groups -OCH3 is 1. The Hall–Kier alpha value is -1.92. The highest BCUT2D eigenvalue weighted by atomic mass is 16.5. The molecular weight excluding hydrogens is 342 g/mol. The Morgan fingerprint density at radius 3 is 2.44 bits per heavy atom. The third-order valence-electron chi connectivity index (χ3n) is 5.15. The molecule has 1 aliphatic heterocycles. The zero-order valence-corrected chi connectivity index (χ0v) is 16.9. The summed E-state index contributed by atoms with van der Waals surface area (Å²) in [7, 11) is 5.41. The maximum Gasteiger partial charge on any atom is 0.337 e. The van der Waals surface area contributed by atoms with Crippen LogP contribution in [-0.4, -0.2) is 69.1 Å². The average molecular weight is 376 g/mol. The highest BCUT2D eigenvalue weighted by Gasteiger charge is 2.20. The molecule has 0 bridgehead atoms. The number of rotatable bonds is 9. The first-order chi connectivity index (χ1) is 13.0. The molecule has 1 aliphatic rings. The van der Waals surface area contributed by atoms with Crippen LogP contribution in [0.4, 0.5) is 0 Å². The fraction of sp³-hybridized carbons (Fsp3) is 0.619. The summed E-state index contributed by atoms with van der Waals surface area (Å²) in [6, 6.07) is 7.64. The van der Waals surface area contributed by atoms with Crippen molar-refractivity contribution in [2.24, 2.45) is 5.92 Å². The minimum Gasteiger partial charge on any atom is -0.465 e. The average Bonchev–Trinajstić information content (AvgIpc) is 2.67. The zero-order chi connectivity index (χ0) is 19.6. The minimum absolute atomic E-state index is 0.171. The van der Waals surface area contributed by atoms with Crippen LogP contribution in [0.15, 0.2) is 24.3 Å². The third-order valence-corrected chi connectivity index (χ3v) is 5.15. The molecule has 2 rings (SSSR count). The molecule has 0 saturated carbocycles. The van der Waals surface area contributed by atoms with Crippen molar-refractivity contribution in [3.05, 3.63) is 35.4 Å². The van der Waals surface area contributed by atoms with Crippen molar-refractivity contribution in [1.29, 1.82) is 0 Å². The molecule has 0 aromatic heterocycles. The number of nitrogens with zero attached hydrogens (tertiary/aromatic N) is 2. The molecule has 0 aliphatic carbocycles. The number of carbonyl (C=O) groups excluding carboxylic acids is 2. The van der Waals surface area contributed by atoms with Crippen LogP contribution < -0.4 is 5.32 Å². The summed E-state index contributed by atoms with van der Waals surface area (Å²) in [6.45, 7) is 4.63. The van der Waals surface area contributed by atoms with Crippen molar-refractivity contribution < 1.29 is 14.3 Å². The Bertz CT molecular complexity index is 593. The van der Waals surface area contributed by atoms with Crippen LogP contribution in [0.25, 0.3) is 0 Å². The number of amides is 1. The summed E-state index contributed by atoms with van der Waals surface area (Å²) < 4.78 is 4.73. The molecule has 0 atom stereocenters. The van der Waals surface area contributed by atoms with Gasteiger partial charge in [0.1, 0.15) is 0 Å². The summed E-state index contributed by atoms with van der Waals surface area (Å²) in [5.41, 5.74) is 1.80. The van der Waals surface area contributed by atoms with E-state index in [1.54, 1.807) is 0 Å². The van der Waals surface area contributed by atoms with Gasteiger partial charge in [0, 0.05) is 26.1 Å². The largest absolute Gasteiger partial charge is 0.465 e. The number of hydrogen-bond donors (Lipinski definition) is 1. The first-order valence-electron chi connectivity index (χ1n) is 9.79. The van der Waals surface area contributed by atoms with E-state index in [4.69, 9.17) is 4.74 Å². The standard InChI is InChI=1S/C21H33N3O3/c1-23(2)15-12-22-20(25)9-6-17-10-13-24(14-11-17)16-18-4-7-19(8-5-18)21(26)27-3/h4-5,7-8,17H,6,9-16H2,1-3H3,(H,22,25). The van der Waals surface area contributed by atoms with Gasteiger partial charge in [-0.25, -0.2) is 4.79 Å². The molecule has 1 fully saturated rings. The Balaban J connectivity index is 1.65. The fourth-order valence-corrected chi connectivity index (χ4v) is 3.40. The normalized spacial score (nSPS) is 15.7. The van der Waals surface area contributed by atoms with Crippen molar-refractivity contribution in [1.82, 2.24) is 15.1 Å². The van der Waals surface area contributed by atoms with E-state index in [1.807, 2.05) is 38.4 Å². The first kappa shape index (κ1) is 21.4. The second-order valence-electron chi connectivity index (χ2n) is 7.60. The number of nitrogens with one attached hydrogen (secondary N) is 1. The number of likely N-dealkylation sites (N-methyl/N-ethyl adjacent to an activating group) is 1. The highest BCUT2D eigenvalue weighted by molar-refractivity contribution is 5.89. The lowest BCUT2D eigenvalue weighted by molar-refractivity contribution is -0.121. The molecule has 1 N–H and O–H groups in total. The Kier molecular flexibility index (Phi) is 8.75. The van der Waals surface area contributed by atoms with Gasteiger partial charge in [-0.05, 0) is 70.1 Å². The van der Waals surface area contributed by atoms with Gasteiger partial charge in [-0.3, -0.25) is 9.69 Å². The molecule has 6 heteroatoms. The molecule has 0 spiro atoms. The summed E-state index contributed by atoms with van der Waals surface area (Å²) in [5, 5.41) is 2.99. The van der Waals surface area contributed by atoms with Crippen LogP contribution in [0.3, 0.4) is 0 Å². The van der Waals surface area contributed by atoms with Crippen LogP contribution in [0.1, 0.15) is 41.6 Å². The van der Waals surface area contributed by atoms with Gasteiger partial charge in [0.25, 0.3) is 0 Å². The molecule has 1 heterocycles. The second kappa shape index (κ2) is 11.0. The molecule has 0 radical (unpaired) electrons. The lowest BCUT2D eigenvalue weighted by Crippen LogP contribution is -2.34. The van der Waals surface area contributed by atoms with E-state index in [0.29, 0.717) is 17.9 Å². The molecular formula is C21H33N3O3. The lowest BCUT2D eigenvalue weighted by Gasteiger charge is -2.32. The van der Waals surface area contributed by atoms with Crippen LogP contribution in [0.5, 0.6) is 0 Å². The van der Waals surface area contributed by atoms with Crippen molar-refractivity contribution in [3.63, 3.8) is 0 Å². The van der Waals surface area contributed by atoms with E-state index in [0.717, 1.165) is 52.0 Å². The molecule has 0 unspecified atom stereocenters. The monoisotopic (exact) mass is 375 g/mol. The van der Waals surface area contributed by atoms with Crippen LogP contribution in [0, 0.1) is 5.92 Å². The Morgan fingerprint density at radius 2 is 1.85 bits per heavy atom. The molecule has 1 aromatic rings. The Labute approximate surface area is 162 Å². The van der Waals surface area contributed by atoms with Gasteiger partial charge in [0.2, 0.25) is 5.91 Å². The zero-order valence-electron chi connectivity index (χ0n) is 16.9. The molecule has 6 nitrogen and oxygen atoms in total. The third kappa shape index (κ3) is 7.69. The maximum atomic E-state index is 11.9. The van der Waals surface area contributed by atoms with Gasteiger partial charge in [-0.1, -0.05) is 12.1 Å². The second-order valence-corrected chi connectivity index (χ2v) is 7.60. The SMILES string of the molecule is COC(=O)c1ccc(CN2CCC(CCC(=O)NCCN(C)C)CC2)cc1. The van der Waals surface area contributed by atoms with E-state index in [2.05, 4.69) is 15.1 Å². The van der Waals surface area contributed by atoms with E-state index >= 15 is 0 Å². The number of benzene rings is 1. The predicted octanol–water partition coefficient (Wildman–Crippen LogP) is 2.14. The Morgan fingerprint density at radius 1 is 1.19 bits per heavy atom. The molecule has 1 aromatic carbocycles. The van der Waals surface area contributed by atoms with Gasteiger partial charge >= 0.3 is 5.97 Å². The summed E-state index contributed by atoms with van der Waals surface area (Å²) >= 11 is 0. The van der Waals surface area contributed by atoms with Gasteiger partial charge in [0.05, 0.1) is 12.7 Å². The number of likely N-dealkylation sites (tertiary alicyclic amines) is 1. The smallest absolute Gasteiger partial charge is 0.337 e. The van der Waals surface area contributed by atoms with Gasteiger partial charge in [-0.15, -0.1) is 0 Å². The maximum absolute atomic E-state index is 11.9. The summed E-state index contributed by atoms with van der Waals surface area (Å²) in [4.78, 5) is 27.9. The molecule has 1 saturated heterocycles. The molecule has 1 amide bonds. The minimum atomic E-state index is -0.298. The summed E-state index contributed by atoms with van der Waals surface area (Å²) in [6.07, 6.45) is 3.90. The van der Waals surface area contributed by atoms with E-state index in [9.17, 15) is 9.59 Å². The quantitative estimate of drug-likeness (QED) is 0.670. The van der Waals surface area contributed by atoms with Crippen LogP contribution in [-0.2, 0) is 16.1 Å². The van der Waals surface area contributed by atoms with E-state index < -0.39 is 0 Å². The topological polar surface area (TPSA) is 61.9 Å². The van der Waals surface area contributed by atoms with Gasteiger partial charge in [-0.2, -0.15) is 0 Å². The lowest BCUT2D eigenvalue weighted by atomic mass is 9.92. The van der Waals surface area contributed by atoms with E-state index in [1.165, 1.54) is 12.7 Å². The number of ether oxygens (including phenoxy) is 1. The van der Waals surface area contributed by atoms with Crippen molar-refractivity contribution in [2.75, 3.05) is 47.4 Å². The fourth-order valence-electron chi connectivity index (χ4n) is 3.40.